The normalized spacial score (nSPS) is 12.5. The highest BCUT2D eigenvalue weighted by molar-refractivity contribution is 5.25. The van der Waals surface area contributed by atoms with Gasteiger partial charge >= 0.3 is 0 Å². The van der Waals surface area contributed by atoms with Crippen molar-refractivity contribution in [2.75, 3.05) is 0 Å². The van der Waals surface area contributed by atoms with Crippen molar-refractivity contribution in [2.24, 2.45) is 5.84 Å². The first-order valence-electron chi connectivity index (χ1n) is 4.27. The van der Waals surface area contributed by atoms with E-state index in [0.717, 1.165) is 12.0 Å². The average Bonchev–Trinajstić information content (AvgIpc) is 2.16. The molecule has 0 saturated heterocycles. The summed E-state index contributed by atoms with van der Waals surface area (Å²) in [7, 11) is 0. The summed E-state index contributed by atoms with van der Waals surface area (Å²) in [6.45, 7) is 5.72. The molecule has 3 heteroatoms. The van der Waals surface area contributed by atoms with Crippen molar-refractivity contribution in [2.45, 2.75) is 19.4 Å². The van der Waals surface area contributed by atoms with E-state index in [1.165, 1.54) is 5.56 Å². The lowest BCUT2D eigenvalue weighted by Crippen LogP contribution is -2.28. The van der Waals surface area contributed by atoms with Gasteiger partial charge in [0.15, 0.2) is 0 Å². The summed E-state index contributed by atoms with van der Waals surface area (Å²) in [5.41, 5.74) is 5.08. The lowest BCUT2D eigenvalue weighted by atomic mass is 10.0. The summed E-state index contributed by atoms with van der Waals surface area (Å²) in [5, 5.41) is 0. The maximum absolute atomic E-state index is 5.44. The van der Waals surface area contributed by atoms with E-state index in [2.05, 4.69) is 17.0 Å². The van der Waals surface area contributed by atoms with E-state index in [1.54, 1.807) is 6.20 Å². The summed E-state index contributed by atoms with van der Waals surface area (Å²) < 4.78 is 0. The highest BCUT2D eigenvalue weighted by Crippen LogP contribution is 2.18. The van der Waals surface area contributed by atoms with Gasteiger partial charge in [-0.1, -0.05) is 6.08 Å². The maximum atomic E-state index is 5.44. The maximum Gasteiger partial charge on any atom is 0.0498 e. The number of aryl methyl sites for hydroxylation is 1. The van der Waals surface area contributed by atoms with Gasteiger partial charge in [0.1, 0.15) is 0 Å². The zero-order chi connectivity index (χ0) is 9.68. The van der Waals surface area contributed by atoms with Crippen molar-refractivity contribution in [3.05, 3.63) is 42.2 Å². The van der Waals surface area contributed by atoms with Crippen molar-refractivity contribution in [1.82, 2.24) is 10.4 Å². The van der Waals surface area contributed by atoms with Gasteiger partial charge in [-0.2, -0.15) is 0 Å². The molecule has 0 aliphatic carbocycles. The number of nitrogens with zero attached hydrogens (tertiary/aromatic N) is 1. The number of nitrogens with two attached hydrogens (primary N) is 1. The minimum atomic E-state index is 0.139. The van der Waals surface area contributed by atoms with Gasteiger partial charge in [-0.25, -0.2) is 0 Å². The van der Waals surface area contributed by atoms with E-state index in [1.807, 2.05) is 25.3 Å². The molecule has 3 N–H and O–H groups in total. The molecule has 1 rings (SSSR count). The molecule has 3 nitrogen and oxygen atoms in total. The molecule has 0 spiro atoms. The molecule has 0 saturated carbocycles. The van der Waals surface area contributed by atoms with Gasteiger partial charge < -0.3 is 0 Å². The number of hydrogen-bond acceptors (Lipinski definition) is 3. The fourth-order valence-corrected chi connectivity index (χ4v) is 1.33. The predicted molar refractivity (Wildman–Crippen MR) is 53.9 cm³/mol. The Kier molecular flexibility index (Phi) is 3.61. The Hall–Kier alpha value is -1.19. The van der Waals surface area contributed by atoms with Gasteiger partial charge in [-0.05, 0) is 30.5 Å². The van der Waals surface area contributed by atoms with E-state index in [4.69, 9.17) is 5.84 Å². The van der Waals surface area contributed by atoms with Crippen LogP contribution in [-0.2, 0) is 0 Å². The molecule has 0 radical (unpaired) electrons. The molecule has 0 aromatic carbocycles. The Bertz CT molecular complexity index is 283. The third-order valence-corrected chi connectivity index (χ3v) is 2.04. The number of rotatable bonds is 4. The van der Waals surface area contributed by atoms with E-state index in [-0.39, 0.29) is 6.04 Å². The van der Waals surface area contributed by atoms with Gasteiger partial charge in [-0.15, -0.1) is 6.58 Å². The average molecular weight is 177 g/mol. The number of pyridine rings is 1. The molecular weight excluding hydrogens is 162 g/mol. The van der Waals surface area contributed by atoms with Gasteiger partial charge in [-0.3, -0.25) is 16.3 Å². The van der Waals surface area contributed by atoms with Crippen LogP contribution in [0.25, 0.3) is 0 Å². The molecule has 70 valence electrons. The summed E-state index contributed by atoms with van der Waals surface area (Å²) in [4.78, 5) is 4.03. The van der Waals surface area contributed by atoms with Crippen LogP contribution >= 0.6 is 0 Å². The minimum Gasteiger partial charge on any atom is -0.271 e. The van der Waals surface area contributed by atoms with Gasteiger partial charge in [0.25, 0.3) is 0 Å². The lowest BCUT2D eigenvalue weighted by molar-refractivity contribution is 0.558. The van der Waals surface area contributed by atoms with Crippen molar-refractivity contribution >= 4 is 0 Å². The highest BCUT2D eigenvalue weighted by atomic mass is 15.2. The molecule has 1 heterocycles. The first kappa shape index (κ1) is 9.89. The fourth-order valence-electron chi connectivity index (χ4n) is 1.33. The fraction of sp³-hybridized carbons (Fsp3) is 0.300. The summed E-state index contributed by atoms with van der Waals surface area (Å²) in [5.74, 6) is 5.44. The topological polar surface area (TPSA) is 50.9 Å². The Morgan fingerprint density at radius 2 is 2.54 bits per heavy atom. The molecule has 1 aromatic rings. The van der Waals surface area contributed by atoms with Crippen LogP contribution in [0.2, 0.25) is 0 Å². The summed E-state index contributed by atoms with van der Waals surface area (Å²) in [6.07, 6.45) is 6.28. The zero-order valence-corrected chi connectivity index (χ0v) is 7.83. The molecule has 13 heavy (non-hydrogen) atoms. The van der Waals surface area contributed by atoms with E-state index >= 15 is 0 Å². The quantitative estimate of drug-likeness (QED) is 0.416. The van der Waals surface area contributed by atoms with E-state index < -0.39 is 0 Å². The monoisotopic (exact) mass is 177 g/mol. The molecule has 0 aliphatic heterocycles. The number of aromatic nitrogens is 1. The van der Waals surface area contributed by atoms with Crippen LogP contribution in [0, 0.1) is 6.92 Å². The van der Waals surface area contributed by atoms with Crippen LogP contribution in [0.5, 0.6) is 0 Å². The summed E-state index contributed by atoms with van der Waals surface area (Å²) >= 11 is 0. The van der Waals surface area contributed by atoms with Crippen LogP contribution in [0.15, 0.2) is 31.1 Å². The molecule has 1 atom stereocenters. The first-order valence-corrected chi connectivity index (χ1v) is 4.27. The second-order valence-corrected chi connectivity index (χ2v) is 2.98. The van der Waals surface area contributed by atoms with Gasteiger partial charge in [0.2, 0.25) is 0 Å². The zero-order valence-electron chi connectivity index (χ0n) is 7.83. The van der Waals surface area contributed by atoms with E-state index in [9.17, 15) is 0 Å². The third kappa shape index (κ3) is 2.37. The number of nitrogens with one attached hydrogen (secondary N) is 1. The second kappa shape index (κ2) is 4.74. The van der Waals surface area contributed by atoms with E-state index in [0.29, 0.717) is 0 Å². The van der Waals surface area contributed by atoms with Crippen molar-refractivity contribution in [3.8, 4) is 0 Å². The van der Waals surface area contributed by atoms with Crippen molar-refractivity contribution in [3.63, 3.8) is 0 Å². The van der Waals surface area contributed by atoms with Crippen molar-refractivity contribution < 1.29 is 0 Å². The molecule has 0 aliphatic rings. The predicted octanol–water partition coefficient (Wildman–Crippen LogP) is 1.47. The highest BCUT2D eigenvalue weighted by Gasteiger charge is 2.09. The Labute approximate surface area is 78.6 Å². The molecular formula is C10H15N3. The molecule has 0 fully saturated rings. The Balaban J connectivity index is 2.90. The van der Waals surface area contributed by atoms with Crippen LogP contribution in [0.4, 0.5) is 0 Å². The lowest BCUT2D eigenvalue weighted by Gasteiger charge is -2.15. The number of hydrogen-bond donors (Lipinski definition) is 2. The Morgan fingerprint density at radius 1 is 1.77 bits per heavy atom. The third-order valence-electron chi connectivity index (χ3n) is 2.04. The summed E-state index contributed by atoms with van der Waals surface area (Å²) in [6, 6.07) is 2.11. The molecule has 1 aromatic heterocycles. The van der Waals surface area contributed by atoms with Gasteiger partial charge in [0.05, 0.1) is 0 Å². The molecule has 1 unspecified atom stereocenters. The standard InChI is InChI=1S/C10H15N3/c1-3-4-10(13-11)9-5-6-12-7-8(9)2/h3,5-7,10,13H,1,4,11H2,2H3. The molecule has 0 bridgehead atoms. The molecule has 0 amide bonds. The second-order valence-electron chi connectivity index (χ2n) is 2.98. The van der Waals surface area contributed by atoms with Crippen LogP contribution < -0.4 is 11.3 Å². The van der Waals surface area contributed by atoms with Gasteiger partial charge in [0, 0.05) is 18.4 Å². The van der Waals surface area contributed by atoms with Crippen LogP contribution in [0.3, 0.4) is 0 Å². The Morgan fingerprint density at radius 3 is 3.08 bits per heavy atom. The first-order chi connectivity index (χ1) is 6.29. The smallest absolute Gasteiger partial charge is 0.0498 e. The largest absolute Gasteiger partial charge is 0.271 e. The minimum absolute atomic E-state index is 0.139. The number of hydrazine groups is 1. The van der Waals surface area contributed by atoms with Crippen molar-refractivity contribution in [1.29, 1.82) is 0 Å². The SMILES string of the molecule is C=CCC(NN)c1ccncc1C. The van der Waals surface area contributed by atoms with Crippen LogP contribution in [-0.4, -0.2) is 4.98 Å². The van der Waals surface area contributed by atoms with Crippen LogP contribution in [0.1, 0.15) is 23.6 Å².